The van der Waals surface area contributed by atoms with Crippen LogP contribution < -0.4 is 10.2 Å². The van der Waals surface area contributed by atoms with E-state index in [2.05, 4.69) is 32.2 Å². The highest BCUT2D eigenvalue weighted by molar-refractivity contribution is 5.93. The van der Waals surface area contributed by atoms with Gasteiger partial charge in [-0.25, -0.2) is 0 Å². The van der Waals surface area contributed by atoms with E-state index in [4.69, 9.17) is 5.26 Å². The Morgan fingerprint density at radius 2 is 1.95 bits per heavy atom. The lowest BCUT2D eigenvalue weighted by Crippen LogP contribution is -2.40. The van der Waals surface area contributed by atoms with Gasteiger partial charge in [-0.15, -0.1) is 0 Å². The van der Waals surface area contributed by atoms with Crippen molar-refractivity contribution in [3.05, 3.63) is 30.3 Å². The first-order valence-corrected chi connectivity index (χ1v) is 6.91. The van der Waals surface area contributed by atoms with Crippen molar-refractivity contribution in [3.8, 4) is 6.07 Å². The van der Waals surface area contributed by atoms with E-state index in [1.165, 1.54) is 0 Å². The van der Waals surface area contributed by atoms with Crippen LogP contribution in [0.2, 0.25) is 0 Å². The molecule has 0 spiro atoms. The van der Waals surface area contributed by atoms with Gasteiger partial charge in [0.05, 0.1) is 12.5 Å². The number of benzene rings is 1. The highest BCUT2D eigenvalue weighted by Crippen LogP contribution is 2.15. The van der Waals surface area contributed by atoms with Gasteiger partial charge in [0.1, 0.15) is 0 Å². The van der Waals surface area contributed by atoms with E-state index >= 15 is 0 Å². The number of hydrogen-bond acceptors (Lipinski definition) is 3. The molecule has 0 unspecified atom stereocenters. The van der Waals surface area contributed by atoms with Crippen molar-refractivity contribution in [2.45, 2.75) is 39.2 Å². The zero-order valence-corrected chi connectivity index (χ0v) is 12.5. The van der Waals surface area contributed by atoms with Gasteiger partial charge in [0.15, 0.2) is 0 Å². The Hall–Kier alpha value is -1.86. The number of amides is 1. The second-order valence-corrected chi connectivity index (χ2v) is 5.72. The Morgan fingerprint density at radius 1 is 1.30 bits per heavy atom. The Labute approximate surface area is 121 Å². The SMILES string of the molecule is CC(C)(C)NCCC(=O)N(CCC#N)c1ccccc1. The average Bonchev–Trinajstić information content (AvgIpc) is 2.39. The van der Waals surface area contributed by atoms with Crippen molar-refractivity contribution in [1.29, 1.82) is 5.26 Å². The first-order valence-electron chi connectivity index (χ1n) is 6.91. The summed E-state index contributed by atoms with van der Waals surface area (Å²) in [6.45, 7) is 7.29. The minimum atomic E-state index is 0.00448. The molecule has 1 rings (SSSR count). The van der Waals surface area contributed by atoms with Crippen LogP contribution in [-0.2, 0) is 4.79 Å². The van der Waals surface area contributed by atoms with Crippen LogP contribution in [0.4, 0.5) is 5.69 Å². The molecule has 4 nitrogen and oxygen atoms in total. The number of para-hydroxylation sites is 1. The zero-order valence-electron chi connectivity index (χ0n) is 12.5. The molecule has 0 atom stereocenters. The quantitative estimate of drug-likeness (QED) is 0.867. The van der Waals surface area contributed by atoms with Gasteiger partial charge in [-0.3, -0.25) is 4.79 Å². The summed E-state index contributed by atoms with van der Waals surface area (Å²) in [5.41, 5.74) is 0.855. The van der Waals surface area contributed by atoms with Crippen molar-refractivity contribution >= 4 is 11.6 Å². The maximum absolute atomic E-state index is 12.3. The minimum Gasteiger partial charge on any atom is -0.312 e. The molecule has 0 aliphatic rings. The molecule has 1 amide bonds. The number of anilines is 1. The van der Waals surface area contributed by atoms with Crippen LogP contribution in [0.25, 0.3) is 0 Å². The van der Waals surface area contributed by atoms with Gasteiger partial charge in [-0.2, -0.15) is 5.26 Å². The fraction of sp³-hybridized carbons (Fsp3) is 0.500. The van der Waals surface area contributed by atoms with Crippen LogP contribution in [0.3, 0.4) is 0 Å². The monoisotopic (exact) mass is 273 g/mol. The van der Waals surface area contributed by atoms with Gasteiger partial charge >= 0.3 is 0 Å². The van der Waals surface area contributed by atoms with E-state index in [1.807, 2.05) is 30.3 Å². The summed E-state index contributed by atoms with van der Waals surface area (Å²) < 4.78 is 0. The summed E-state index contributed by atoms with van der Waals surface area (Å²) in [5.74, 6) is 0.0446. The number of nitrogens with zero attached hydrogens (tertiary/aromatic N) is 2. The maximum Gasteiger partial charge on any atom is 0.228 e. The van der Waals surface area contributed by atoms with Crippen LogP contribution in [0, 0.1) is 11.3 Å². The lowest BCUT2D eigenvalue weighted by molar-refractivity contribution is -0.118. The zero-order chi connectivity index (χ0) is 15.0. The maximum atomic E-state index is 12.3. The molecule has 0 radical (unpaired) electrons. The summed E-state index contributed by atoms with van der Waals surface area (Å²) in [5, 5.41) is 12.0. The van der Waals surface area contributed by atoms with Crippen LogP contribution >= 0.6 is 0 Å². The van der Waals surface area contributed by atoms with Gasteiger partial charge in [0, 0.05) is 30.7 Å². The molecule has 1 aromatic carbocycles. The van der Waals surface area contributed by atoms with E-state index in [9.17, 15) is 4.79 Å². The molecule has 0 saturated heterocycles. The third-order valence-electron chi connectivity index (χ3n) is 2.81. The molecule has 0 aliphatic heterocycles. The number of hydrogen-bond donors (Lipinski definition) is 1. The van der Waals surface area contributed by atoms with Crippen molar-refractivity contribution in [3.63, 3.8) is 0 Å². The number of nitriles is 1. The predicted molar refractivity (Wildman–Crippen MR) is 81.4 cm³/mol. The van der Waals surface area contributed by atoms with E-state index in [-0.39, 0.29) is 11.4 Å². The average molecular weight is 273 g/mol. The van der Waals surface area contributed by atoms with Crippen molar-refractivity contribution in [1.82, 2.24) is 5.32 Å². The number of carbonyl (C=O) groups is 1. The summed E-state index contributed by atoms with van der Waals surface area (Å²) in [6.07, 6.45) is 0.769. The van der Waals surface area contributed by atoms with E-state index in [0.717, 1.165) is 5.69 Å². The Bertz CT molecular complexity index is 457. The standard InChI is InChI=1S/C16H23N3O/c1-16(2,3)18-12-10-15(20)19(13-7-11-17)14-8-5-4-6-9-14/h4-6,8-9,18H,7,10,12-13H2,1-3H3. The summed E-state index contributed by atoms with van der Waals surface area (Å²) in [7, 11) is 0. The molecular formula is C16H23N3O. The molecule has 4 heteroatoms. The molecular weight excluding hydrogens is 250 g/mol. The fourth-order valence-corrected chi connectivity index (χ4v) is 1.85. The summed E-state index contributed by atoms with van der Waals surface area (Å²) in [6, 6.07) is 11.6. The summed E-state index contributed by atoms with van der Waals surface area (Å²) in [4.78, 5) is 14.0. The second-order valence-electron chi connectivity index (χ2n) is 5.72. The van der Waals surface area contributed by atoms with Gasteiger partial charge in [0.25, 0.3) is 0 Å². The lowest BCUT2D eigenvalue weighted by atomic mass is 10.1. The molecule has 0 aromatic heterocycles. The van der Waals surface area contributed by atoms with Crippen LogP contribution in [0.1, 0.15) is 33.6 Å². The predicted octanol–water partition coefficient (Wildman–Crippen LogP) is 2.71. The second kappa shape index (κ2) is 7.66. The Kier molecular flexibility index (Phi) is 6.20. The highest BCUT2D eigenvalue weighted by Gasteiger charge is 2.16. The van der Waals surface area contributed by atoms with E-state index in [0.29, 0.717) is 25.9 Å². The molecule has 1 aromatic rings. The third-order valence-corrected chi connectivity index (χ3v) is 2.81. The van der Waals surface area contributed by atoms with Crippen molar-refractivity contribution in [2.75, 3.05) is 18.0 Å². The third kappa shape index (κ3) is 5.85. The first-order chi connectivity index (χ1) is 9.44. The van der Waals surface area contributed by atoms with Gasteiger partial charge in [-0.05, 0) is 32.9 Å². The van der Waals surface area contributed by atoms with Gasteiger partial charge < -0.3 is 10.2 Å². The molecule has 0 fully saturated rings. The first kappa shape index (κ1) is 16.2. The Balaban J connectivity index is 2.64. The van der Waals surface area contributed by atoms with Gasteiger partial charge in [0.2, 0.25) is 5.91 Å². The van der Waals surface area contributed by atoms with Crippen LogP contribution in [0.5, 0.6) is 0 Å². The molecule has 0 aliphatic carbocycles. The summed E-state index contributed by atoms with van der Waals surface area (Å²) >= 11 is 0. The topological polar surface area (TPSA) is 56.1 Å². The molecule has 108 valence electrons. The number of nitrogens with one attached hydrogen (secondary N) is 1. The Morgan fingerprint density at radius 3 is 2.50 bits per heavy atom. The molecule has 0 saturated carbocycles. The largest absolute Gasteiger partial charge is 0.312 e. The van der Waals surface area contributed by atoms with E-state index < -0.39 is 0 Å². The molecule has 20 heavy (non-hydrogen) atoms. The van der Waals surface area contributed by atoms with Crippen molar-refractivity contribution < 1.29 is 4.79 Å². The van der Waals surface area contributed by atoms with Crippen LogP contribution in [-0.4, -0.2) is 24.5 Å². The van der Waals surface area contributed by atoms with Crippen LogP contribution in [0.15, 0.2) is 30.3 Å². The van der Waals surface area contributed by atoms with E-state index in [1.54, 1.807) is 4.90 Å². The molecule has 1 N–H and O–H groups in total. The van der Waals surface area contributed by atoms with Crippen molar-refractivity contribution in [2.24, 2.45) is 0 Å². The highest BCUT2D eigenvalue weighted by atomic mass is 16.2. The fourth-order valence-electron chi connectivity index (χ4n) is 1.85. The smallest absolute Gasteiger partial charge is 0.228 e. The number of carbonyl (C=O) groups excluding carboxylic acids is 1. The minimum absolute atomic E-state index is 0.00448. The molecule has 0 heterocycles. The van der Waals surface area contributed by atoms with Gasteiger partial charge in [-0.1, -0.05) is 18.2 Å². The molecule has 0 bridgehead atoms. The number of rotatable bonds is 6. The lowest BCUT2D eigenvalue weighted by Gasteiger charge is -2.24. The normalized spacial score (nSPS) is 10.9.